The summed E-state index contributed by atoms with van der Waals surface area (Å²) in [5.74, 6) is -0.00624. The Bertz CT molecular complexity index is 520. The van der Waals surface area contributed by atoms with Gasteiger partial charge >= 0.3 is 4.87 Å². The first-order chi connectivity index (χ1) is 10.1. The largest absolute Gasteiger partial charge is 0.379 e. The molecule has 2 rings (SSSR count). The summed E-state index contributed by atoms with van der Waals surface area (Å²) in [5.41, 5.74) is 0.916. The number of hydrogen-bond acceptors (Lipinski definition) is 5. The number of morpholine rings is 1. The number of hydrogen-bond donors (Lipinski definition) is 1. The molecule has 0 spiro atoms. The van der Waals surface area contributed by atoms with E-state index in [2.05, 4.69) is 10.2 Å². The maximum absolute atomic E-state index is 11.9. The van der Waals surface area contributed by atoms with E-state index in [0.29, 0.717) is 13.0 Å². The number of thiazole rings is 1. The predicted molar refractivity (Wildman–Crippen MR) is 82.8 cm³/mol. The van der Waals surface area contributed by atoms with Crippen molar-refractivity contribution in [2.24, 2.45) is 0 Å². The fourth-order valence-electron chi connectivity index (χ4n) is 2.45. The second kappa shape index (κ2) is 7.72. The number of amides is 1. The van der Waals surface area contributed by atoms with Gasteiger partial charge in [0.05, 0.1) is 13.2 Å². The van der Waals surface area contributed by atoms with Crippen molar-refractivity contribution >= 4 is 17.2 Å². The van der Waals surface area contributed by atoms with E-state index in [9.17, 15) is 9.59 Å². The number of aryl methyl sites for hydroxylation is 1. The van der Waals surface area contributed by atoms with Crippen molar-refractivity contribution in [3.8, 4) is 0 Å². The smallest absolute Gasteiger partial charge is 0.307 e. The van der Waals surface area contributed by atoms with Crippen LogP contribution in [-0.2, 0) is 16.1 Å². The van der Waals surface area contributed by atoms with Crippen LogP contribution < -0.4 is 10.2 Å². The summed E-state index contributed by atoms with van der Waals surface area (Å²) in [6.07, 6.45) is 0.338. The highest BCUT2D eigenvalue weighted by molar-refractivity contribution is 7.07. The minimum Gasteiger partial charge on any atom is -0.379 e. The highest BCUT2D eigenvalue weighted by Crippen LogP contribution is 2.02. The summed E-state index contributed by atoms with van der Waals surface area (Å²) in [6, 6.07) is 0.107. The standard InChI is InChI=1S/C14H23N3O3S/c1-11(9-16-5-7-20-8-6-16)15-13(18)3-4-17-12(2)10-21-14(17)19/h10-11H,3-9H2,1-2H3,(H,15,18)/t11-/m0/s1. The van der Waals surface area contributed by atoms with Crippen molar-refractivity contribution in [1.82, 2.24) is 14.8 Å². The summed E-state index contributed by atoms with van der Waals surface area (Å²) in [6.45, 7) is 8.55. The molecule has 0 radical (unpaired) electrons. The van der Waals surface area contributed by atoms with Crippen LogP contribution in [-0.4, -0.2) is 54.3 Å². The quantitative estimate of drug-likeness (QED) is 0.828. The molecule has 1 amide bonds. The molecule has 1 atom stereocenters. The van der Waals surface area contributed by atoms with Gasteiger partial charge in [-0.1, -0.05) is 11.3 Å². The molecule has 21 heavy (non-hydrogen) atoms. The second-order valence-electron chi connectivity index (χ2n) is 5.43. The maximum atomic E-state index is 11.9. The number of aromatic nitrogens is 1. The third-order valence-electron chi connectivity index (χ3n) is 3.58. The van der Waals surface area contributed by atoms with E-state index in [1.807, 2.05) is 19.2 Å². The van der Waals surface area contributed by atoms with Crippen LogP contribution >= 0.6 is 11.3 Å². The number of rotatable bonds is 6. The molecule has 0 bridgehead atoms. The Morgan fingerprint density at radius 3 is 2.81 bits per heavy atom. The number of carbonyl (C=O) groups is 1. The molecule has 118 valence electrons. The zero-order valence-corrected chi connectivity index (χ0v) is 13.4. The zero-order valence-electron chi connectivity index (χ0n) is 12.6. The van der Waals surface area contributed by atoms with Gasteiger partial charge in [0.25, 0.3) is 0 Å². The van der Waals surface area contributed by atoms with Crippen LogP contribution in [0.4, 0.5) is 0 Å². The first-order valence-electron chi connectivity index (χ1n) is 7.30. The highest BCUT2D eigenvalue weighted by Gasteiger charge is 2.15. The molecule has 1 saturated heterocycles. The van der Waals surface area contributed by atoms with Crippen molar-refractivity contribution in [3.63, 3.8) is 0 Å². The lowest BCUT2D eigenvalue weighted by Crippen LogP contribution is -2.46. The Labute approximate surface area is 128 Å². The number of nitrogens with one attached hydrogen (secondary N) is 1. The molecule has 2 heterocycles. The molecule has 1 aliphatic rings. The van der Waals surface area contributed by atoms with Gasteiger partial charge in [0, 0.05) is 49.7 Å². The lowest BCUT2D eigenvalue weighted by molar-refractivity contribution is -0.122. The van der Waals surface area contributed by atoms with Gasteiger partial charge in [-0.3, -0.25) is 14.5 Å². The summed E-state index contributed by atoms with van der Waals surface area (Å²) in [7, 11) is 0. The van der Waals surface area contributed by atoms with Gasteiger partial charge in [0.1, 0.15) is 0 Å². The minimum atomic E-state index is -0.00624. The van der Waals surface area contributed by atoms with Crippen LogP contribution in [0, 0.1) is 6.92 Å². The van der Waals surface area contributed by atoms with Crippen LogP contribution in [0.3, 0.4) is 0 Å². The first kappa shape index (κ1) is 16.2. The molecule has 7 heteroatoms. The lowest BCUT2D eigenvalue weighted by atomic mass is 10.2. The Kier molecular flexibility index (Phi) is 5.96. The van der Waals surface area contributed by atoms with Crippen LogP contribution in [0.25, 0.3) is 0 Å². The van der Waals surface area contributed by atoms with Crippen molar-refractivity contribution in [3.05, 3.63) is 20.7 Å². The molecule has 1 N–H and O–H groups in total. The van der Waals surface area contributed by atoms with E-state index >= 15 is 0 Å². The molecular weight excluding hydrogens is 290 g/mol. The SMILES string of the molecule is Cc1csc(=O)n1CCC(=O)N[C@@H](C)CN1CCOCC1. The minimum absolute atomic E-state index is 0.00154. The van der Waals surface area contributed by atoms with E-state index in [1.165, 1.54) is 11.3 Å². The third-order valence-corrected chi connectivity index (χ3v) is 4.46. The molecule has 1 aromatic heterocycles. The van der Waals surface area contributed by atoms with E-state index in [4.69, 9.17) is 4.74 Å². The molecular formula is C14H23N3O3S. The lowest BCUT2D eigenvalue weighted by Gasteiger charge is -2.29. The number of carbonyl (C=O) groups excluding carboxylic acids is 1. The monoisotopic (exact) mass is 313 g/mol. The number of nitrogens with zero attached hydrogens (tertiary/aromatic N) is 2. The Balaban J connectivity index is 1.72. The van der Waals surface area contributed by atoms with Gasteiger partial charge < -0.3 is 14.6 Å². The van der Waals surface area contributed by atoms with Gasteiger partial charge in [-0.2, -0.15) is 0 Å². The fraction of sp³-hybridized carbons (Fsp3) is 0.714. The molecule has 0 unspecified atom stereocenters. The van der Waals surface area contributed by atoms with Crippen LogP contribution in [0.1, 0.15) is 19.0 Å². The topological polar surface area (TPSA) is 63.6 Å². The normalized spacial score (nSPS) is 17.6. The second-order valence-corrected chi connectivity index (χ2v) is 6.25. The predicted octanol–water partition coefficient (Wildman–Crippen LogP) is 0.445. The zero-order chi connectivity index (χ0) is 15.2. The van der Waals surface area contributed by atoms with E-state index in [-0.39, 0.29) is 16.8 Å². The molecule has 1 fully saturated rings. The van der Waals surface area contributed by atoms with Gasteiger partial charge in [0.2, 0.25) is 5.91 Å². The highest BCUT2D eigenvalue weighted by atomic mass is 32.1. The fourth-order valence-corrected chi connectivity index (χ4v) is 3.21. The molecule has 0 saturated carbocycles. The van der Waals surface area contributed by atoms with Crippen LogP contribution in [0.5, 0.6) is 0 Å². The summed E-state index contributed by atoms with van der Waals surface area (Å²) in [5, 5.41) is 4.82. The molecule has 0 aromatic carbocycles. The van der Waals surface area contributed by atoms with Gasteiger partial charge in [-0.05, 0) is 13.8 Å². The summed E-state index contributed by atoms with van der Waals surface area (Å²) >= 11 is 1.18. The summed E-state index contributed by atoms with van der Waals surface area (Å²) in [4.78, 5) is 25.8. The third kappa shape index (κ3) is 4.94. The Morgan fingerprint density at radius 1 is 1.48 bits per heavy atom. The van der Waals surface area contributed by atoms with Gasteiger partial charge in [0.15, 0.2) is 0 Å². The van der Waals surface area contributed by atoms with Crippen molar-refractivity contribution in [2.75, 3.05) is 32.8 Å². The van der Waals surface area contributed by atoms with E-state index in [0.717, 1.165) is 38.5 Å². The molecule has 1 aliphatic heterocycles. The molecule has 1 aromatic rings. The average Bonchev–Trinajstić information content (AvgIpc) is 2.77. The first-order valence-corrected chi connectivity index (χ1v) is 8.18. The van der Waals surface area contributed by atoms with E-state index in [1.54, 1.807) is 4.57 Å². The Hall–Kier alpha value is -1.18. The van der Waals surface area contributed by atoms with Crippen molar-refractivity contribution < 1.29 is 9.53 Å². The van der Waals surface area contributed by atoms with E-state index < -0.39 is 0 Å². The van der Waals surface area contributed by atoms with Crippen LogP contribution in [0.2, 0.25) is 0 Å². The number of ether oxygens (including phenoxy) is 1. The van der Waals surface area contributed by atoms with Crippen molar-refractivity contribution in [2.45, 2.75) is 32.9 Å². The average molecular weight is 313 g/mol. The molecule has 0 aliphatic carbocycles. The van der Waals surface area contributed by atoms with Gasteiger partial charge in [-0.25, -0.2) is 0 Å². The van der Waals surface area contributed by atoms with Crippen molar-refractivity contribution in [1.29, 1.82) is 0 Å². The maximum Gasteiger partial charge on any atom is 0.307 e. The van der Waals surface area contributed by atoms with Gasteiger partial charge in [-0.15, -0.1) is 0 Å². The summed E-state index contributed by atoms with van der Waals surface area (Å²) < 4.78 is 6.95. The Morgan fingerprint density at radius 2 is 2.19 bits per heavy atom. The molecule has 6 nitrogen and oxygen atoms in total. The van der Waals surface area contributed by atoms with Crippen LogP contribution in [0.15, 0.2) is 10.2 Å².